The van der Waals surface area contributed by atoms with Crippen molar-refractivity contribution >= 4 is 21.5 Å². The van der Waals surface area contributed by atoms with Crippen molar-refractivity contribution < 1.29 is 0 Å². The van der Waals surface area contributed by atoms with Gasteiger partial charge in [0, 0.05) is 0 Å². The van der Waals surface area contributed by atoms with Gasteiger partial charge < -0.3 is 0 Å². The van der Waals surface area contributed by atoms with Crippen LogP contribution < -0.4 is 0 Å². The molecule has 38 heavy (non-hydrogen) atoms. The lowest BCUT2D eigenvalue weighted by Gasteiger charge is -2.18. The molecule has 0 atom stereocenters. The van der Waals surface area contributed by atoms with E-state index in [2.05, 4.69) is 158 Å². The topological polar surface area (TPSA) is 0 Å². The first kappa shape index (κ1) is 22.3. The van der Waals surface area contributed by atoms with Crippen LogP contribution in [0, 0.1) is 0 Å². The molecule has 0 saturated carbocycles. The van der Waals surface area contributed by atoms with Gasteiger partial charge in [0.2, 0.25) is 0 Å². The molecular formula is C38H26. The molecule has 0 radical (unpaired) electrons. The monoisotopic (exact) mass is 482 g/mol. The zero-order chi connectivity index (χ0) is 25.3. The van der Waals surface area contributed by atoms with E-state index in [1.165, 1.54) is 66.1 Å². The normalized spacial score (nSPS) is 11.2. The molecule has 0 amide bonds. The fourth-order valence-corrected chi connectivity index (χ4v) is 5.69. The summed E-state index contributed by atoms with van der Waals surface area (Å²) in [5.74, 6) is 0. The molecule has 7 rings (SSSR count). The molecule has 0 aliphatic rings. The number of hydrogen-bond acceptors (Lipinski definition) is 0. The van der Waals surface area contributed by atoms with E-state index >= 15 is 0 Å². The van der Waals surface area contributed by atoms with Gasteiger partial charge in [-0.25, -0.2) is 0 Å². The van der Waals surface area contributed by atoms with E-state index in [1.54, 1.807) is 0 Å². The summed E-state index contributed by atoms with van der Waals surface area (Å²) in [4.78, 5) is 0. The molecule has 0 nitrogen and oxygen atoms in total. The maximum Gasteiger partial charge on any atom is -0.00264 e. The highest BCUT2D eigenvalue weighted by atomic mass is 14.2. The van der Waals surface area contributed by atoms with Gasteiger partial charge in [0.1, 0.15) is 0 Å². The van der Waals surface area contributed by atoms with Gasteiger partial charge in [-0.3, -0.25) is 0 Å². The molecule has 0 heteroatoms. The lowest BCUT2D eigenvalue weighted by atomic mass is 9.85. The standard InChI is InChI=1S/C38H26/c1-3-12-27(13-4-1)31-16-11-17-32(26-31)28-22-24-30(25-23-28)38-35-20-9-7-18-33(35)37(29-14-5-2-6-15-29)34-19-8-10-21-36(34)38/h1-26H. The third kappa shape index (κ3) is 3.88. The van der Waals surface area contributed by atoms with Gasteiger partial charge in [0.15, 0.2) is 0 Å². The number of hydrogen-bond donors (Lipinski definition) is 0. The maximum absolute atomic E-state index is 2.28. The van der Waals surface area contributed by atoms with E-state index in [1.807, 2.05) is 0 Å². The average molecular weight is 483 g/mol. The van der Waals surface area contributed by atoms with Crippen molar-refractivity contribution in [1.82, 2.24) is 0 Å². The molecule has 178 valence electrons. The Labute approximate surface area is 223 Å². The molecule has 0 fully saturated rings. The Balaban J connectivity index is 1.39. The van der Waals surface area contributed by atoms with Crippen molar-refractivity contribution in [3.8, 4) is 44.5 Å². The summed E-state index contributed by atoms with van der Waals surface area (Å²) < 4.78 is 0. The zero-order valence-electron chi connectivity index (χ0n) is 21.0. The van der Waals surface area contributed by atoms with E-state index in [0.29, 0.717) is 0 Å². The fraction of sp³-hybridized carbons (Fsp3) is 0. The molecule has 7 aromatic carbocycles. The van der Waals surface area contributed by atoms with Crippen LogP contribution in [-0.2, 0) is 0 Å². The van der Waals surface area contributed by atoms with E-state index in [0.717, 1.165) is 0 Å². The first-order valence-electron chi connectivity index (χ1n) is 13.1. The fourth-order valence-electron chi connectivity index (χ4n) is 5.69. The first-order chi connectivity index (χ1) is 18.9. The van der Waals surface area contributed by atoms with Crippen LogP contribution in [0.2, 0.25) is 0 Å². The average Bonchev–Trinajstić information content (AvgIpc) is 3.01. The highest BCUT2D eigenvalue weighted by Crippen LogP contribution is 2.43. The highest BCUT2D eigenvalue weighted by molar-refractivity contribution is 6.21. The van der Waals surface area contributed by atoms with Gasteiger partial charge in [0.05, 0.1) is 0 Å². The smallest absolute Gasteiger partial charge is 0.00264 e. The molecule has 0 N–H and O–H groups in total. The van der Waals surface area contributed by atoms with Crippen molar-refractivity contribution in [2.75, 3.05) is 0 Å². The summed E-state index contributed by atoms with van der Waals surface area (Å²) in [6.07, 6.45) is 0. The van der Waals surface area contributed by atoms with Crippen molar-refractivity contribution in [3.05, 3.63) is 158 Å². The van der Waals surface area contributed by atoms with Crippen LogP contribution in [0.5, 0.6) is 0 Å². The number of rotatable bonds is 4. The van der Waals surface area contributed by atoms with Crippen LogP contribution in [0.1, 0.15) is 0 Å². The second kappa shape index (κ2) is 9.50. The van der Waals surface area contributed by atoms with Crippen LogP contribution in [0.15, 0.2) is 158 Å². The molecular weight excluding hydrogens is 456 g/mol. The summed E-state index contributed by atoms with van der Waals surface area (Å²) in [6.45, 7) is 0. The highest BCUT2D eigenvalue weighted by Gasteiger charge is 2.16. The summed E-state index contributed by atoms with van der Waals surface area (Å²) >= 11 is 0. The van der Waals surface area contributed by atoms with Gasteiger partial charge in [-0.2, -0.15) is 0 Å². The van der Waals surface area contributed by atoms with E-state index in [4.69, 9.17) is 0 Å². The first-order valence-corrected chi connectivity index (χ1v) is 13.1. The van der Waals surface area contributed by atoms with Crippen LogP contribution in [0.3, 0.4) is 0 Å². The molecule has 0 aliphatic carbocycles. The molecule has 0 aliphatic heterocycles. The Morgan fingerprint density at radius 2 is 0.526 bits per heavy atom. The molecule has 0 spiro atoms. The third-order valence-electron chi connectivity index (χ3n) is 7.47. The van der Waals surface area contributed by atoms with Crippen molar-refractivity contribution in [2.24, 2.45) is 0 Å². The Hall–Kier alpha value is -4.94. The summed E-state index contributed by atoms with van der Waals surface area (Å²) in [5.41, 5.74) is 10.0. The van der Waals surface area contributed by atoms with Gasteiger partial charge in [0.25, 0.3) is 0 Å². The predicted octanol–water partition coefficient (Wildman–Crippen LogP) is 10.7. The van der Waals surface area contributed by atoms with Crippen molar-refractivity contribution in [1.29, 1.82) is 0 Å². The van der Waals surface area contributed by atoms with Crippen molar-refractivity contribution in [2.45, 2.75) is 0 Å². The van der Waals surface area contributed by atoms with Crippen LogP contribution >= 0.6 is 0 Å². The second-order valence-electron chi connectivity index (χ2n) is 9.73. The maximum atomic E-state index is 2.28. The van der Waals surface area contributed by atoms with Crippen LogP contribution in [0.4, 0.5) is 0 Å². The minimum absolute atomic E-state index is 1.22. The zero-order valence-corrected chi connectivity index (χ0v) is 21.0. The Morgan fingerprint density at radius 3 is 1.00 bits per heavy atom. The Kier molecular flexibility index (Phi) is 5.57. The van der Waals surface area contributed by atoms with Crippen LogP contribution in [0.25, 0.3) is 66.1 Å². The lowest BCUT2D eigenvalue weighted by molar-refractivity contribution is 1.58. The largest absolute Gasteiger partial charge is 0.0622 e. The number of fused-ring (bicyclic) bond motifs is 2. The SMILES string of the molecule is c1ccc(-c2cccc(-c3ccc(-c4c5ccccc5c(-c5ccccc5)c5ccccc45)cc3)c2)cc1. The van der Waals surface area contributed by atoms with Gasteiger partial charge in [-0.1, -0.05) is 152 Å². The number of benzene rings is 7. The van der Waals surface area contributed by atoms with Crippen LogP contribution in [-0.4, -0.2) is 0 Å². The Morgan fingerprint density at radius 1 is 0.211 bits per heavy atom. The molecule has 0 heterocycles. The van der Waals surface area contributed by atoms with Gasteiger partial charge >= 0.3 is 0 Å². The van der Waals surface area contributed by atoms with Gasteiger partial charge in [-0.05, 0) is 72.1 Å². The molecule has 0 saturated heterocycles. The summed E-state index contributed by atoms with van der Waals surface area (Å²) in [6, 6.07) is 56.9. The minimum atomic E-state index is 1.22. The minimum Gasteiger partial charge on any atom is -0.0622 e. The predicted molar refractivity (Wildman–Crippen MR) is 163 cm³/mol. The molecule has 0 aromatic heterocycles. The summed E-state index contributed by atoms with van der Waals surface area (Å²) in [5, 5.41) is 5.13. The van der Waals surface area contributed by atoms with Gasteiger partial charge in [-0.15, -0.1) is 0 Å². The Bertz CT molecular complexity index is 1820. The van der Waals surface area contributed by atoms with E-state index in [9.17, 15) is 0 Å². The molecule has 0 bridgehead atoms. The molecule has 7 aromatic rings. The van der Waals surface area contributed by atoms with E-state index < -0.39 is 0 Å². The summed E-state index contributed by atoms with van der Waals surface area (Å²) in [7, 11) is 0. The lowest BCUT2D eigenvalue weighted by Crippen LogP contribution is -1.90. The second-order valence-corrected chi connectivity index (χ2v) is 9.73. The molecule has 0 unspecified atom stereocenters. The third-order valence-corrected chi connectivity index (χ3v) is 7.47. The quantitative estimate of drug-likeness (QED) is 0.219. The van der Waals surface area contributed by atoms with E-state index in [-0.39, 0.29) is 0 Å². The van der Waals surface area contributed by atoms with Crippen molar-refractivity contribution in [3.63, 3.8) is 0 Å².